The lowest BCUT2D eigenvalue weighted by atomic mass is 10.2. The highest BCUT2D eigenvalue weighted by Crippen LogP contribution is 2.40. The Hall–Kier alpha value is -2.48. The predicted molar refractivity (Wildman–Crippen MR) is 93.3 cm³/mol. The van der Waals surface area contributed by atoms with E-state index in [-0.39, 0.29) is 22.9 Å². The molecule has 2 heterocycles. The monoisotopic (exact) mass is 364 g/mol. The number of fused-ring (bicyclic) bond motifs is 3. The third-order valence-electron chi connectivity index (χ3n) is 4.37. The van der Waals surface area contributed by atoms with E-state index in [0.29, 0.717) is 17.3 Å². The number of ether oxygens (including phenoxy) is 1. The largest absolute Gasteiger partial charge is 0.504 e. The lowest BCUT2D eigenvalue weighted by Crippen LogP contribution is -2.36. The van der Waals surface area contributed by atoms with Gasteiger partial charge in [-0.3, -0.25) is 4.31 Å². The molecule has 0 spiro atoms. The van der Waals surface area contributed by atoms with Crippen LogP contribution in [-0.2, 0) is 26.6 Å². The number of carbonyl (C=O) groups is 1. The molecule has 0 bridgehead atoms. The Morgan fingerprint density at radius 3 is 2.60 bits per heavy atom. The van der Waals surface area contributed by atoms with Crippen molar-refractivity contribution in [3.63, 3.8) is 0 Å². The lowest BCUT2D eigenvalue weighted by Gasteiger charge is -2.27. The third kappa shape index (κ3) is 2.48. The molecule has 25 heavy (non-hydrogen) atoms. The number of nitrogens with zero attached hydrogens (tertiary/aromatic N) is 2. The van der Waals surface area contributed by atoms with Crippen molar-refractivity contribution in [2.75, 3.05) is 13.7 Å². The van der Waals surface area contributed by atoms with Gasteiger partial charge in [0.05, 0.1) is 6.61 Å². The van der Waals surface area contributed by atoms with Gasteiger partial charge in [-0.25, -0.2) is 13.2 Å². The molecule has 0 aliphatic carbocycles. The number of aliphatic hydroxyl groups excluding tert-OH is 1. The van der Waals surface area contributed by atoms with Gasteiger partial charge in [-0.1, -0.05) is 31.5 Å². The number of hydrogen-bond donors (Lipinski definition) is 1. The highest BCUT2D eigenvalue weighted by molar-refractivity contribution is 7.89. The summed E-state index contributed by atoms with van der Waals surface area (Å²) in [7, 11) is -1.10. The first-order valence-corrected chi connectivity index (χ1v) is 9.43. The summed E-state index contributed by atoms with van der Waals surface area (Å²) in [5, 5.41) is 11.2. The van der Waals surface area contributed by atoms with Gasteiger partial charge in [0, 0.05) is 25.0 Å². The Bertz CT molecular complexity index is 988. The topological polar surface area (TPSA) is 88.8 Å². The second kappa shape index (κ2) is 6.11. The zero-order valence-corrected chi connectivity index (χ0v) is 15.1. The standard InChI is InChI=1S/C17H20N2O5S/c1-4-5-10-24-17(21)14-15(20)13-16(25(22,23)19(14)3)11-8-6-7-9-12(11)18(13)2/h6-9,20H,4-5,10H2,1-3H3. The van der Waals surface area contributed by atoms with Crippen molar-refractivity contribution >= 4 is 32.7 Å². The maximum Gasteiger partial charge on any atom is 0.359 e. The minimum atomic E-state index is -3.99. The number of esters is 1. The zero-order chi connectivity index (χ0) is 18.4. The van der Waals surface area contributed by atoms with Crippen molar-refractivity contribution in [1.29, 1.82) is 0 Å². The third-order valence-corrected chi connectivity index (χ3v) is 6.20. The predicted octanol–water partition coefficient (Wildman–Crippen LogP) is 2.38. The number of likely N-dealkylation sites (N-methyl/N-ethyl adjacent to an activating group) is 1. The van der Waals surface area contributed by atoms with Crippen molar-refractivity contribution in [2.45, 2.75) is 24.7 Å². The van der Waals surface area contributed by atoms with Gasteiger partial charge in [-0.05, 0) is 12.5 Å². The van der Waals surface area contributed by atoms with Crippen molar-refractivity contribution in [3.8, 4) is 0 Å². The highest BCUT2D eigenvalue weighted by Gasteiger charge is 2.42. The molecule has 0 atom stereocenters. The molecule has 0 fully saturated rings. The fourth-order valence-electron chi connectivity index (χ4n) is 3.01. The molecule has 2 aromatic rings. The maximum absolute atomic E-state index is 13.0. The molecule has 7 nitrogen and oxygen atoms in total. The van der Waals surface area contributed by atoms with Crippen LogP contribution in [0.4, 0.5) is 0 Å². The van der Waals surface area contributed by atoms with Gasteiger partial charge < -0.3 is 14.4 Å². The van der Waals surface area contributed by atoms with Crippen molar-refractivity contribution in [3.05, 3.63) is 35.7 Å². The summed E-state index contributed by atoms with van der Waals surface area (Å²) in [6, 6.07) is 6.95. The van der Waals surface area contributed by atoms with Crippen molar-refractivity contribution in [2.24, 2.45) is 7.05 Å². The SMILES string of the molecule is CCCCOC(=O)C1=C(O)c2c(c3ccccc3n2C)S(=O)(=O)N1C. The molecule has 1 aliphatic heterocycles. The Kier molecular flexibility index (Phi) is 4.24. The molecule has 1 aliphatic rings. The molecule has 8 heteroatoms. The molecule has 3 rings (SSSR count). The van der Waals surface area contributed by atoms with E-state index < -0.39 is 21.8 Å². The Labute approximate surface area is 146 Å². The average Bonchev–Trinajstić information content (AvgIpc) is 2.88. The zero-order valence-electron chi connectivity index (χ0n) is 14.3. The van der Waals surface area contributed by atoms with Crippen LogP contribution < -0.4 is 0 Å². The van der Waals surface area contributed by atoms with Crippen LogP contribution in [0.3, 0.4) is 0 Å². The number of benzene rings is 1. The maximum atomic E-state index is 13.0. The minimum absolute atomic E-state index is 0.00397. The second-order valence-electron chi connectivity index (χ2n) is 5.91. The molecule has 1 aromatic carbocycles. The van der Waals surface area contributed by atoms with E-state index >= 15 is 0 Å². The average molecular weight is 364 g/mol. The van der Waals surface area contributed by atoms with Crippen LogP contribution in [0.15, 0.2) is 34.9 Å². The number of unbranched alkanes of at least 4 members (excludes halogenated alkanes) is 1. The molecular weight excluding hydrogens is 344 g/mol. The van der Waals surface area contributed by atoms with Gasteiger partial charge in [-0.2, -0.15) is 0 Å². The van der Waals surface area contributed by atoms with Gasteiger partial charge in [-0.15, -0.1) is 0 Å². The summed E-state index contributed by atoms with van der Waals surface area (Å²) in [5.41, 5.74) is 0.382. The Morgan fingerprint density at radius 1 is 1.24 bits per heavy atom. The number of aromatic nitrogens is 1. The van der Waals surface area contributed by atoms with E-state index in [0.717, 1.165) is 10.7 Å². The van der Waals surface area contributed by atoms with Crippen LogP contribution in [-0.4, -0.2) is 42.0 Å². The van der Waals surface area contributed by atoms with E-state index in [4.69, 9.17) is 4.74 Å². The van der Waals surface area contributed by atoms with Gasteiger partial charge in [0.15, 0.2) is 11.5 Å². The molecule has 0 saturated carbocycles. The molecule has 134 valence electrons. The van der Waals surface area contributed by atoms with Crippen LogP contribution in [0, 0.1) is 0 Å². The summed E-state index contributed by atoms with van der Waals surface area (Å²) >= 11 is 0. The fraction of sp³-hybridized carbons (Fsp3) is 0.353. The van der Waals surface area contributed by atoms with Gasteiger partial charge >= 0.3 is 5.97 Å². The van der Waals surface area contributed by atoms with Gasteiger partial charge in [0.25, 0.3) is 10.0 Å². The van der Waals surface area contributed by atoms with Crippen LogP contribution >= 0.6 is 0 Å². The molecule has 0 radical (unpaired) electrons. The number of rotatable bonds is 4. The van der Waals surface area contributed by atoms with Crippen LogP contribution in [0.25, 0.3) is 16.7 Å². The first-order valence-electron chi connectivity index (χ1n) is 7.99. The summed E-state index contributed by atoms with van der Waals surface area (Å²) in [5.74, 6) is -1.25. The van der Waals surface area contributed by atoms with E-state index in [9.17, 15) is 18.3 Å². The number of aliphatic hydroxyl groups is 1. The number of sulfonamides is 1. The molecular formula is C17H20N2O5S. The van der Waals surface area contributed by atoms with Gasteiger partial charge in [0.1, 0.15) is 10.6 Å². The first kappa shape index (κ1) is 17.3. The Balaban J connectivity index is 2.25. The van der Waals surface area contributed by atoms with Crippen molar-refractivity contribution in [1.82, 2.24) is 8.87 Å². The minimum Gasteiger partial charge on any atom is -0.504 e. The normalized spacial score (nSPS) is 16.2. The number of hydrogen-bond acceptors (Lipinski definition) is 5. The van der Waals surface area contributed by atoms with Crippen LogP contribution in [0.1, 0.15) is 25.5 Å². The summed E-state index contributed by atoms with van der Waals surface area (Å²) in [4.78, 5) is 12.4. The molecule has 0 amide bonds. The highest BCUT2D eigenvalue weighted by atomic mass is 32.2. The van der Waals surface area contributed by atoms with Crippen LogP contribution in [0.5, 0.6) is 0 Å². The van der Waals surface area contributed by atoms with Gasteiger partial charge in [0.2, 0.25) is 0 Å². The molecule has 0 saturated heterocycles. The van der Waals surface area contributed by atoms with Crippen molar-refractivity contribution < 1.29 is 23.1 Å². The summed E-state index contributed by atoms with van der Waals surface area (Å²) in [6.45, 7) is 2.12. The lowest BCUT2D eigenvalue weighted by molar-refractivity contribution is -0.140. The van der Waals surface area contributed by atoms with Crippen LogP contribution in [0.2, 0.25) is 0 Å². The number of para-hydroxylation sites is 1. The van der Waals surface area contributed by atoms with E-state index in [1.807, 2.05) is 6.92 Å². The van der Waals surface area contributed by atoms with E-state index in [2.05, 4.69) is 0 Å². The summed E-state index contributed by atoms with van der Waals surface area (Å²) in [6.07, 6.45) is 1.50. The smallest absolute Gasteiger partial charge is 0.359 e. The quantitative estimate of drug-likeness (QED) is 0.665. The molecule has 1 aromatic heterocycles. The number of carbonyl (C=O) groups excluding carboxylic acids is 1. The summed E-state index contributed by atoms with van der Waals surface area (Å²) < 4.78 is 33.4. The number of aryl methyl sites for hydroxylation is 1. The first-order chi connectivity index (χ1) is 11.8. The fourth-order valence-corrected chi connectivity index (χ4v) is 4.61. The molecule has 0 unspecified atom stereocenters. The second-order valence-corrected chi connectivity index (χ2v) is 7.82. The Morgan fingerprint density at radius 2 is 1.92 bits per heavy atom. The molecule has 1 N–H and O–H groups in total. The van der Waals surface area contributed by atoms with E-state index in [1.165, 1.54) is 7.05 Å². The van der Waals surface area contributed by atoms with E-state index in [1.54, 1.807) is 35.9 Å².